The van der Waals surface area contributed by atoms with Crippen molar-refractivity contribution in [3.05, 3.63) is 0 Å². The molecular formula is C13H27N3OS. The van der Waals surface area contributed by atoms with Crippen molar-refractivity contribution in [1.82, 2.24) is 15.5 Å². The van der Waals surface area contributed by atoms with E-state index in [4.69, 9.17) is 17.0 Å². The zero-order valence-corrected chi connectivity index (χ0v) is 12.7. The number of ether oxygens (including phenoxy) is 1. The third-order valence-corrected chi connectivity index (χ3v) is 3.39. The lowest BCUT2D eigenvalue weighted by Crippen LogP contribution is -2.49. The van der Waals surface area contributed by atoms with Crippen molar-refractivity contribution in [2.45, 2.75) is 45.2 Å². The van der Waals surface area contributed by atoms with Gasteiger partial charge in [-0.1, -0.05) is 6.42 Å². The lowest BCUT2D eigenvalue weighted by molar-refractivity contribution is 0.178. The van der Waals surface area contributed by atoms with Gasteiger partial charge in [0.25, 0.3) is 0 Å². The second-order valence-electron chi connectivity index (χ2n) is 5.24. The summed E-state index contributed by atoms with van der Waals surface area (Å²) in [6.07, 6.45) is 4.05. The molecule has 5 heteroatoms. The van der Waals surface area contributed by atoms with Crippen LogP contribution in [-0.4, -0.2) is 55.4 Å². The lowest BCUT2D eigenvalue weighted by atomic mass is 10.1. The minimum absolute atomic E-state index is 0.247. The summed E-state index contributed by atoms with van der Waals surface area (Å²) in [5, 5.41) is 7.29. The van der Waals surface area contributed by atoms with Gasteiger partial charge in [0, 0.05) is 25.7 Å². The fourth-order valence-corrected chi connectivity index (χ4v) is 2.76. The molecule has 0 spiro atoms. The third kappa shape index (κ3) is 6.52. The van der Waals surface area contributed by atoms with Gasteiger partial charge in [0.15, 0.2) is 5.11 Å². The molecule has 0 aromatic heterocycles. The summed E-state index contributed by atoms with van der Waals surface area (Å²) in [4.78, 5) is 2.52. The van der Waals surface area contributed by atoms with Crippen LogP contribution in [0.25, 0.3) is 0 Å². The van der Waals surface area contributed by atoms with E-state index in [9.17, 15) is 0 Å². The van der Waals surface area contributed by atoms with E-state index in [2.05, 4.69) is 29.4 Å². The molecule has 0 aromatic carbocycles. The van der Waals surface area contributed by atoms with Crippen molar-refractivity contribution in [3.8, 4) is 0 Å². The first-order valence-corrected chi connectivity index (χ1v) is 7.31. The van der Waals surface area contributed by atoms with Gasteiger partial charge in [-0.15, -0.1) is 0 Å². The molecule has 2 N–H and O–H groups in total. The van der Waals surface area contributed by atoms with E-state index in [0.717, 1.165) is 11.7 Å². The number of nitrogens with one attached hydrogen (secondary N) is 2. The summed E-state index contributed by atoms with van der Waals surface area (Å²) in [6, 6.07) is 0.634. The summed E-state index contributed by atoms with van der Waals surface area (Å²) in [6.45, 7) is 8.44. The van der Waals surface area contributed by atoms with Crippen LogP contribution in [0.2, 0.25) is 0 Å². The fraction of sp³-hybridized carbons (Fsp3) is 0.923. The molecule has 1 aliphatic rings. The molecule has 1 heterocycles. The number of rotatable bonds is 6. The Labute approximate surface area is 116 Å². The van der Waals surface area contributed by atoms with Gasteiger partial charge in [0.1, 0.15) is 0 Å². The molecule has 0 aliphatic carbocycles. The number of nitrogens with zero attached hydrogens (tertiary/aromatic N) is 1. The Balaban J connectivity index is 2.17. The van der Waals surface area contributed by atoms with E-state index < -0.39 is 0 Å². The van der Waals surface area contributed by atoms with Gasteiger partial charge in [0.05, 0.1) is 6.61 Å². The molecule has 0 aromatic rings. The molecule has 0 radical (unpaired) electrons. The van der Waals surface area contributed by atoms with E-state index in [1.807, 2.05) is 0 Å². The number of likely N-dealkylation sites (tertiary alicyclic amines) is 1. The zero-order chi connectivity index (χ0) is 13.4. The van der Waals surface area contributed by atoms with E-state index >= 15 is 0 Å². The Morgan fingerprint density at radius 1 is 1.17 bits per heavy atom. The predicted octanol–water partition coefficient (Wildman–Crippen LogP) is 1.36. The number of thiocarbonyl (C=S) groups is 1. The number of hydrogen-bond acceptors (Lipinski definition) is 3. The minimum Gasteiger partial charge on any atom is -0.383 e. The topological polar surface area (TPSA) is 36.5 Å². The van der Waals surface area contributed by atoms with Gasteiger partial charge in [-0.2, -0.15) is 0 Å². The maximum Gasteiger partial charge on any atom is 0.166 e. The van der Waals surface area contributed by atoms with Crippen LogP contribution in [0.4, 0.5) is 0 Å². The van der Waals surface area contributed by atoms with Crippen molar-refractivity contribution in [2.24, 2.45) is 0 Å². The van der Waals surface area contributed by atoms with Crippen LogP contribution in [-0.2, 0) is 4.74 Å². The van der Waals surface area contributed by atoms with Gasteiger partial charge >= 0.3 is 0 Å². The van der Waals surface area contributed by atoms with Crippen LogP contribution in [0.1, 0.15) is 33.1 Å². The van der Waals surface area contributed by atoms with E-state index in [1.54, 1.807) is 7.11 Å². The van der Waals surface area contributed by atoms with Crippen LogP contribution in [0, 0.1) is 0 Å². The first kappa shape index (κ1) is 15.7. The van der Waals surface area contributed by atoms with Crippen molar-refractivity contribution >= 4 is 17.3 Å². The molecule has 1 saturated heterocycles. The first-order chi connectivity index (χ1) is 8.61. The highest BCUT2D eigenvalue weighted by molar-refractivity contribution is 7.80. The van der Waals surface area contributed by atoms with Crippen LogP contribution in [0.15, 0.2) is 0 Å². The average molecular weight is 273 g/mol. The molecule has 4 nitrogen and oxygen atoms in total. The maximum absolute atomic E-state index is 5.29. The Morgan fingerprint density at radius 2 is 1.78 bits per heavy atom. The number of methoxy groups -OCH3 is 1. The molecule has 1 rings (SSSR count). The maximum atomic E-state index is 5.29. The van der Waals surface area contributed by atoms with Crippen LogP contribution < -0.4 is 10.6 Å². The Hall–Kier alpha value is -0.390. The Morgan fingerprint density at radius 3 is 2.39 bits per heavy atom. The zero-order valence-electron chi connectivity index (χ0n) is 11.9. The number of piperidine rings is 1. The van der Waals surface area contributed by atoms with Gasteiger partial charge in [-0.3, -0.25) is 0 Å². The highest BCUT2D eigenvalue weighted by Gasteiger charge is 2.14. The molecule has 2 unspecified atom stereocenters. The van der Waals surface area contributed by atoms with Gasteiger partial charge in [-0.05, 0) is 52.0 Å². The summed E-state index contributed by atoms with van der Waals surface area (Å²) in [5.74, 6) is 0. The van der Waals surface area contributed by atoms with E-state index in [0.29, 0.717) is 12.6 Å². The molecule has 0 saturated carbocycles. The first-order valence-electron chi connectivity index (χ1n) is 6.90. The summed E-state index contributed by atoms with van der Waals surface area (Å²) in [5.41, 5.74) is 0. The monoisotopic (exact) mass is 273 g/mol. The molecule has 1 fully saturated rings. The van der Waals surface area contributed by atoms with Gasteiger partial charge < -0.3 is 20.3 Å². The molecule has 0 amide bonds. The van der Waals surface area contributed by atoms with Crippen molar-refractivity contribution in [1.29, 1.82) is 0 Å². The van der Waals surface area contributed by atoms with Crippen molar-refractivity contribution < 1.29 is 4.74 Å². The standard InChI is InChI=1S/C13H27N3OS/c1-11(9-16-7-5-4-6-8-16)14-13(18)15-12(2)10-17-3/h11-12H,4-10H2,1-3H3,(H2,14,15,18). The van der Waals surface area contributed by atoms with E-state index in [1.165, 1.54) is 32.4 Å². The van der Waals surface area contributed by atoms with E-state index in [-0.39, 0.29) is 6.04 Å². The Kier molecular flexibility index (Phi) is 7.54. The predicted molar refractivity (Wildman–Crippen MR) is 80.0 cm³/mol. The lowest BCUT2D eigenvalue weighted by Gasteiger charge is -2.30. The average Bonchev–Trinajstić information content (AvgIpc) is 2.29. The SMILES string of the molecule is COCC(C)NC(=S)NC(C)CN1CCCCC1. The Bertz CT molecular complexity index is 244. The highest BCUT2D eigenvalue weighted by Crippen LogP contribution is 2.08. The molecular weight excluding hydrogens is 246 g/mol. The van der Waals surface area contributed by atoms with Crippen LogP contribution >= 0.6 is 12.2 Å². The highest BCUT2D eigenvalue weighted by atomic mass is 32.1. The second-order valence-corrected chi connectivity index (χ2v) is 5.64. The molecule has 1 aliphatic heterocycles. The summed E-state index contributed by atoms with van der Waals surface area (Å²) >= 11 is 5.29. The van der Waals surface area contributed by atoms with Crippen LogP contribution in [0.3, 0.4) is 0 Å². The summed E-state index contributed by atoms with van der Waals surface area (Å²) in [7, 11) is 1.70. The normalized spacial score (nSPS) is 20.2. The minimum atomic E-state index is 0.247. The molecule has 18 heavy (non-hydrogen) atoms. The van der Waals surface area contributed by atoms with Gasteiger partial charge in [-0.25, -0.2) is 0 Å². The van der Waals surface area contributed by atoms with Gasteiger partial charge in [0.2, 0.25) is 0 Å². The summed E-state index contributed by atoms with van der Waals surface area (Å²) < 4.78 is 5.07. The largest absolute Gasteiger partial charge is 0.383 e. The van der Waals surface area contributed by atoms with Crippen molar-refractivity contribution in [3.63, 3.8) is 0 Å². The quantitative estimate of drug-likeness (QED) is 0.715. The molecule has 2 atom stereocenters. The molecule has 106 valence electrons. The fourth-order valence-electron chi connectivity index (χ4n) is 2.36. The van der Waals surface area contributed by atoms with Crippen LogP contribution in [0.5, 0.6) is 0 Å². The van der Waals surface area contributed by atoms with Crippen molar-refractivity contribution in [2.75, 3.05) is 33.4 Å². The smallest absolute Gasteiger partial charge is 0.166 e. The second kappa shape index (κ2) is 8.67. The molecule has 0 bridgehead atoms. The third-order valence-electron chi connectivity index (χ3n) is 3.15. The number of hydrogen-bond donors (Lipinski definition) is 2.